The van der Waals surface area contributed by atoms with Crippen LogP contribution in [-0.4, -0.2) is 26.3 Å². The third-order valence-electron chi connectivity index (χ3n) is 3.63. The summed E-state index contributed by atoms with van der Waals surface area (Å²) < 4.78 is 18.9. The van der Waals surface area contributed by atoms with Gasteiger partial charge in [0.25, 0.3) is 0 Å². The third-order valence-corrected chi connectivity index (χ3v) is 3.63. The van der Waals surface area contributed by atoms with Crippen LogP contribution in [0.15, 0.2) is 12.1 Å². The molecule has 0 aromatic heterocycles. The molecule has 106 valence electrons. The van der Waals surface area contributed by atoms with Gasteiger partial charge in [0.2, 0.25) is 0 Å². The van der Waals surface area contributed by atoms with Crippen molar-refractivity contribution >= 4 is 5.69 Å². The molecule has 19 heavy (non-hydrogen) atoms. The summed E-state index contributed by atoms with van der Waals surface area (Å²) in [6.07, 6.45) is 2.39. The highest BCUT2D eigenvalue weighted by Crippen LogP contribution is 2.36. The molecule has 1 aromatic rings. The van der Waals surface area contributed by atoms with E-state index in [0.29, 0.717) is 18.2 Å². The molecule has 2 N–H and O–H groups in total. The molecule has 0 heterocycles. The van der Waals surface area contributed by atoms with Crippen LogP contribution in [0, 0.1) is 12.7 Å². The Morgan fingerprint density at radius 3 is 2.68 bits per heavy atom. The molecule has 0 radical (unpaired) electrons. The predicted molar refractivity (Wildman–Crippen MR) is 76.0 cm³/mol. The van der Waals surface area contributed by atoms with Gasteiger partial charge < -0.3 is 15.4 Å². The quantitative estimate of drug-likeness (QED) is 0.860. The van der Waals surface area contributed by atoms with Crippen molar-refractivity contribution in [2.75, 3.05) is 25.2 Å². The zero-order chi connectivity index (χ0) is 14.0. The van der Waals surface area contributed by atoms with Gasteiger partial charge in [0.15, 0.2) is 0 Å². The molecule has 1 fully saturated rings. The number of ether oxygens (including phenoxy) is 1. The number of methoxy groups -OCH3 is 1. The second-order valence-electron chi connectivity index (χ2n) is 5.37. The van der Waals surface area contributed by atoms with Crippen molar-refractivity contribution in [2.45, 2.75) is 38.8 Å². The van der Waals surface area contributed by atoms with E-state index in [1.807, 2.05) is 13.0 Å². The molecule has 1 aliphatic rings. The molecule has 0 saturated heterocycles. The number of nitrogens with two attached hydrogens (primary N) is 1. The predicted octanol–water partition coefficient (Wildman–Crippen LogP) is 2.77. The number of aryl methyl sites for hydroxylation is 1. The van der Waals surface area contributed by atoms with Gasteiger partial charge in [0, 0.05) is 31.4 Å². The molecule has 3 nitrogen and oxygen atoms in total. The van der Waals surface area contributed by atoms with Crippen molar-refractivity contribution in [1.82, 2.24) is 0 Å². The van der Waals surface area contributed by atoms with E-state index < -0.39 is 0 Å². The molecule has 0 spiro atoms. The first-order valence-corrected chi connectivity index (χ1v) is 6.85. The first-order chi connectivity index (χ1) is 9.04. The molecule has 1 aliphatic carbocycles. The average molecular weight is 266 g/mol. The lowest BCUT2D eigenvalue weighted by atomic mass is 10.0. The SMILES string of the molecule is COCCN(c1cc(C)c(F)cc1[C@@H](C)N)C1CC1. The van der Waals surface area contributed by atoms with Crippen molar-refractivity contribution in [3.05, 3.63) is 29.1 Å². The van der Waals surface area contributed by atoms with Crippen LogP contribution >= 0.6 is 0 Å². The van der Waals surface area contributed by atoms with Crippen molar-refractivity contribution < 1.29 is 9.13 Å². The summed E-state index contributed by atoms with van der Waals surface area (Å²) in [5, 5.41) is 0. The minimum Gasteiger partial charge on any atom is -0.383 e. The lowest BCUT2D eigenvalue weighted by Gasteiger charge is -2.28. The van der Waals surface area contributed by atoms with E-state index in [2.05, 4.69) is 4.90 Å². The van der Waals surface area contributed by atoms with Gasteiger partial charge in [-0.25, -0.2) is 4.39 Å². The number of rotatable bonds is 6. The maximum atomic E-state index is 13.8. The largest absolute Gasteiger partial charge is 0.383 e. The Labute approximate surface area is 114 Å². The van der Waals surface area contributed by atoms with E-state index in [1.165, 1.54) is 12.8 Å². The molecule has 0 unspecified atom stereocenters. The highest BCUT2D eigenvalue weighted by molar-refractivity contribution is 5.58. The lowest BCUT2D eigenvalue weighted by molar-refractivity contribution is 0.205. The minimum absolute atomic E-state index is 0.172. The summed E-state index contributed by atoms with van der Waals surface area (Å²) in [5.74, 6) is -0.182. The second-order valence-corrected chi connectivity index (χ2v) is 5.37. The highest BCUT2D eigenvalue weighted by atomic mass is 19.1. The first-order valence-electron chi connectivity index (χ1n) is 6.85. The van der Waals surface area contributed by atoms with Crippen LogP contribution in [0.2, 0.25) is 0 Å². The Kier molecular flexibility index (Phi) is 4.42. The van der Waals surface area contributed by atoms with Gasteiger partial charge in [-0.2, -0.15) is 0 Å². The molecule has 0 amide bonds. The van der Waals surface area contributed by atoms with Crippen molar-refractivity contribution in [3.8, 4) is 0 Å². The number of benzene rings is 1. The fourth-order valence-electron chi connectivity index (χ4n) is 2.37. The van der Waals surface area contributed by atoms with E-state index in [0.717, 1.165) is 17.8 Å². The third kappa shape index (κ3) is 3.25. The smallest absolute Gasteiger partial charge is 0.126 e. The standard InChI is InChI=1S/C15H23FN2O/c1-10-8-15(13(11(2)17)9-14(10)16)18(6-7-19-3)12-4-5-12/h8-9,11-12H,4-7,17H2,1-3H3/t11-/m1/s1. The zero-order valence-electron chi connectivity index (χ0n) is 11.9. The van der Waals surface area contributed by atoms with E-state index in [1.54, 1.807) is 20.1 Å². The van der Waals surface area contributed by atoms with Gasteiger partial charge in [0.1, 0.15) is 5.82 Å². The molecule has 1 saturated carbocycles. The van der Waals surface area contributed by atoms with Gasteiger partial charge in [-0.3, -0.25) is 0 Å². The summed E-state index contributed by atoms with van der Waals surface area (Å²) in [6.45, 7) is 5.19. The average Bonchev–Trinajstić information content (AvgIpc) is 3.17. The van der Waals surface area contributed by atoms with Crippen LogP contribution in [-0.2, 0) is 4.74 Å². The number of nitrogens with zero attached hydrogens (tertiary/aromatic N) is 1. The molecule has 1 atom stereocenters. The molecular formula is C15H23FN2O. The highest BCUT2D eigenvalue weighted by Gasteiger charge is 2.31. The monoisotopic (exact) mass is 266 g/mol. The minimum atomic E-state index is -0.182. The Hall–Kier alpha value is -1.13. The molecule has 4 heteroatoms. The van der Waals surface area contributed by atoms with E-state index in [9.17, 15) is 4.39 Å². The van der Waals surface area contributed by atoms with Crippen molar-refractivity contribution in [2.24, 2.45) is 5.73 Å². The summed E-state index contributed by atoms with van der Waals surface area (Å²) in [6, 6.07) is 3.88. The van der Waals surface area contributed by atoms with Gasteiger partial charge in [0.05, 0.1) is 6.61 Å². The first kappa shape index (κ1) is 14.3. The van der Waals surface area contributed by atoms with Crippen LogP contribution < -0.4 is 10.6 Å². The Balaban J connectivity index is 2.36. The van der Waals surface area contributed by atoms with E-state index >= 15 is 0 Å². The fraction of sp³-hybridized carbons (Fsp3) is 0.600. The van der Waals surface area contributed by atoms with Crippen LogP contribution in [0.4, 0.5) is 10.1 Å². The molecule has 0 aliphatic heterocycles. The second kappa shape index (κ2) is 5.88. The van der Waals surface area contributed by atoms with E-state index in [-0.39, 0.29) is 11.9 Å². The number of halogens is 1. The Morgan fingerprint density at radius 2 is 2.16 bits per heavy atom. The molecular weight excluding hydrogens is 243 g/mol. The van der Waals surface area contributed by atoms with Crippen molar-refractivity contribution in [1.29, 1.82) is 0 Å². The normalized spacial score (nSPS) is 16.5. The maximum absolute atomic E-state index is 13.8. The topological polar surface area (TPSA) is 38.5 Å². The van der Waals surface area contributed by atoms with Gasteiger partial charge in [-0.15, -0.1) is 0 Å². The summed E-state index contributed by atoms with van der Waals surface area (Å²) in [4.78, 5) is 2.31. The van der Waals surface area contributed by atoms with Crippen LogP contribution in [0.3, 0.4) is 0 Å². The Morgan fingerprint density at radius 1 is 1.47 bits per heavy atom. The lowest BCUT2D eigenvalue weighted by Crippen LogP contribution is -2.31. The summed E-state index contributed by atoms with van der Waals surface area (Å²) >= 11 is 0. The molecule has 2 rings (SSSR count). The van der Waals surface area contributed by atoms with Gasteiger partial charge >= 0.3 is 0 Å². The van der Waals surface area contributed by atoms with Crippen LogP contribution in [0.1, 0.15) is 36.9 Å². The van der Waals surface area contributed by atoms with Gasteiger partial charge in [-0.1, -0.05) is 0 Å². The Bertz CT molecular complexity index is 444. The maximum Gasteiger partial charge on any atom is 0.126 e. The molecule has 0 bridgehead atoms. The fourth-order valence-corrected chi connectivity index (χ4v) is 2.37. The van der Waals surface area contributed by atoms with Crippen LogP contribution in [0.5, 0.6) is 0 Å². The van der Waals surface area contributed by atoms with Gasteiger partial charge in [-0.05, 0) is 49.9 Å². The number of hydrogen-bond donors (Lipinski definition) is 1. The summed E-state index contributed by atoms with van der Waals surface area (Å²) in [5.41, 5.74) is 8.61. The molecule has 1 aromatic carbocycles. The number of anilines is 1. The summed E-state index contributed by atoms with van der Waals surface area (Å²) in [7, 11) is 1.70. The zero-order valence-corrected chi connectivity index (χ0v) is 11.9. The number of hydrogen-bond acceptors (Lipinski definition) is 3. The van der Waals surface area contributed by atoms with Crippen LogP contribution in [0.25, 0.3) is 0 Å². The van der Waals surface area contributed by atoms with Crippen molar-refractivity contribution in [3.63, 3.8) is 0 Å². The van der Waals surface area contributed by atoms with E-state index in [4.69, 9.17) is 10.5 Å².